The van der Waals surface area contributed by atoms with Gasteiger partial charge in [0.15, 0.2) is 5.78 Å². The van der Waals surface area contributed by atoms with Crippen LogP contribution >= 0.6 is 0 Å². The summed E-state index contributed by atoms with van der Waals surface area (Å²) in [5, 5.41) is 12.8. The third-order valence-electron chi connectivity index (χ3n) is 4.65. The van der Waals surface area contributed by atoms with Crippen LogP contribution in [-0.2, 0) is 14.3 Å². The van der Waals surface area contributed by atoms with E-state index in [0.29, 0.717) is 17.7 Å². The zero-order chi connectivity index (χ0) is 18.1. The Morgan fingerprint density at radius 2 is 1.96 bits per heavy atom. The van der Waals surface area contributed by atoms with Crippen molar-refractivity contribution in [1.29, 1.82) is 0 Å². The molecule has 0 spiro atoms. The fourth-order valence-corrected chi connectivity index (χ4v) is 3.62. The van der Waals surface area contributed by atoms with Crippen LogP contribution in [0.25, 0.3) is 0 Å². The number of esters is 1. The molecule has 1 heterocycles. The number of allylic oxidation sites excluding steroid dienone is 2. The number of ketones is 1. The van der Waals surface area contributed by atoms with Gasteiger partial charge >= 0.3 is 5.97 Å². The van der Waals surface area contributed by atoms with Gasteiger partial charge in [0, 0.05) is 29.3 Å². The fraction of sp³-hybridized carbons (Fsp3) is 0.400. The van der Waals surface area contributed by atoms with Gasteiger partial charge in [-0.2, -0.15) is 0 Å². The molecule has 3 rings (SSSR count). The van der Waals surface area contributed by atoms with Crippen LogP contribution in [0.5, 0.6) is 5.75 Å². The van der Waals surface area contributed by atoms with E-state index in [1.54, 1.807) is 38.1 Å². The summed E-state index contributed by atoms with van der Waals surface area (Å²) in [6.45, 7) is 7.62. The molecule has 0 amide bonds. The van der Waals surface area contributed by atoms with Crippen LogP contribution in [0.2, 0.25) is 0 Å². The van der Waals surface area contributed by atoms with E-state index < -0.39 is 17.8 Å². The van der Waals surface area contributed by atoms with Gasteiger partial charge in [-0.1, -0.05) is 18.7 Å². The summed E-state index contributed by atoms with van der Waals surface area (Å²) in [4.78, 5) is 25.4. The monoisotopic (exact) mass is 341 g/mol. The van der Waals surface area contributed by atoms with Crippen LogP contribution in [0, 0.1) is 5.92 Å². The first kappa shape index (κ1) is 17.3. The van der Waals surface area contributed by atoms with Crippen molar-refractivity contribution in [2.24, 2.45) is 5.92 Å². The predicted octanol–water partition coefficient (Wildman–Crippen LogP) is 3.17. The summed E-state index contributed by atoms with van der Waals surface area (Å²) < 4.78 is 5.43. The van der Waals surface area contributed by atoms with Crippen LogP contribution in [0.4, 0.5) is 0 Å². The molecule has 0 fully saturated rings. The lowest BCUT2D eigenvalue weighted by Gasteiger charge is -2.38. The van der Waals surface area contributed by atoms with Gasteiger partial charge in [0.1, 0.15) is 11.7 Å². The lowest BCUT2D eigenvalue weighted by atomic mass is 9.71. The van der Waals surface area contributed by atoms with E-state index in [1.807, 2.05) is 0 Å². The summed E-state index contributed by atoms with van der Waals surface area (Å²) in [7, 11) is 0. The van der Waals surface area contributed by atoms with E-state index in [9.17, 15) is 14.7 Å². The summed E-state index contributed by atoms with van der Waals surface area (Å²) in [5.74, 6) is -1.31. The number of hydrogen-bond donors (Lipinski definition) is 2. The van der Waals surface area contributed by atoms with E-state index in [2.05, 4.69) is 11.9 Å². The van der Waals surface area contributed by atoms with Crippen LogP contribution < -0.4 is 5.32 Å². The molecular formula is C20H23NO4. The molecule has 0 saturated carbocycles. The second-order valence-corrected chi connectivity index (χ2v) is 6.85. The van der Waals surface area contributed by atoms with Gasteiger partial charge in [-0.25, -0.2) is 0 Å². The number of benzene rings is 1. The zero-order valence-electron chi connectivity index (χ0n) is 14.5. The Bertz CT molecular complexity index is 745. The van der Waals surface area contributed by atoms with E-state index >= 15 is 0 Å². The number of ether oxygens (including phenoxy) is 1. The molecule has 1 aromatic carbocycles. The molecule has 1 aromatic rings. The second-order valence-electron chi connectivity index (χ2n) is 6.85. The van der Waals surface area contributed by atoms with Gasteiger partial charge in [-0.3, -0.25) is 9.59 Å². The third-order valence-corrected chi connectivity index (χ3v) is 4.65. The van der Waals surface area contributed by atoms with E-state index in [1.165, 1.54) is 0 Å². The summed E-state index contributed by atoms with van der Waals surface area (Å²) in [5.41, 5.74) is 2.86. The molecule has 2 aliphatic rings. The van der Waals surface area contributed by atoms with Crippen LogP contribution in [0.1, 0.15) is 44.6 Å². The quantitative estimate of drug-likeness (QED) is 0.826. The van der Waals surface area contributed by atoms with Crippen molar-refractivity contribution >= 4 is 11.8 Å². The van der Waals surface area contributed by atoms with Crippen LogP contribution in [0.15, 0.2) is 47.8 Å². The molecule has 2 atom stereocenters. The van der Waals surface area contributed by atoms with Crippen molar-refractivity contribution < 1.29 is 19.4 Å². The molecule has 1 aliphatic heterocycles. The molecule has 0 radical (unpaired) electrons. The average Bonchev–Trinajstić information content (AvgIpc) is 2.53. The topological polar surface area (TPSA) is 75.6 Å². The van der Waals surface area contributed by atoms with Gasteiger partial charge < -0.3 is 15.2 Å². The van der Waals surface area contributed by atoms with Gasteiger partial charge in [-0.05, 0) is 44.4 Å². The SMILES string of the molecule is C=C1NC2=C(C(=O)CCC2)C(c2ccc(O)cc2)C1C(=O)OC(C)C. The number of phenolic OH excluding ortho intramolecular Hbond substituents is 1. The number of aromatic hydroxyl groups is 1. The molecule has 132 valence electrons. The molecule has 2 N–H and O–H groups in total. The van der Waals surface area contributed by atoms with E-state index in [-0.39, 0.29) is 17.6 Å². The lowest BCUT2D eigenvalue weighted by molar-refractivity contribution is -0.151. The number of carbonyl (C=O) groups is 2. The summed E-state index contributed by atoms with van der Waals surface area (Å²) in [6, 6.07) is 6.64. The highest BCUT2D eigenvalue weighted by atomic mass is 16.5. The maximum atomic E-state index is 12.7. The van der Waals surface area contributed by atoms with E-state index in [4.69, 9.17) is 4.74 Å². The van der Waals surface area contributed by atoms with Crippen LogP contribution in [0.3, 0.4) is 0 Å². The van der Waals surface area contributed by atoms with Crippen LogP contribution in [-0.4, -0.2) is 23.0 Å². The molecule has 2 unspecified atom stereocenters. The predicted molar refractivity (Wildman–Crippen MR) is 93.7 cm³/mol. The van der Waals surface area contributed by atoms with Crippen molar-refractivity contribution in [2.45, 2.75) is 45.1 Å². The molecule has 0 aromatic heterocycles. The summed E-state index contributed by atoms with van der Waals surface area (Å²) in [6.07, 6.45) is 1.79. The first-order valence-corrected chi connectivity index (χ1v) is 8.60. The van der Waals surface area contributed by atoms with E-state index in [0.717, 1.165) is 24.1 Å². The van der Waals surface area contributed by atoms with Gasteiger partial charge in [-0.15, -0.1) is 0 Å². The number of phenols is 1. The maximum Gasteiger partial charge on any atom is 0.316 e. The highest BCUT2D eigenvalue weighted by Crippen LogP contribution is 2.44. The molecule has 0 saturated heterocycles. The Labute approximate surface area is 147 Å². The van der Waals surface area contributed by atoms with Gasteiger partial charge in [0.2, 0.25) is 0 Å². The Hall–Kier alpha value is -2.56. The molecule has 25 heavy (non-hydrogen) atoms. The van der Waals surface area contributed by atoms with Crippen molar-refractivity contribution in [1.82, 2.24) is 5.32 Å². The van der Waals surface area contributed by atoms with Crippen molar-refractivity contribution in [3.05, 3.63) is 53.4 Å². The Balaban J connectivity index is 2.11. The smallest absolute Gasteiger partial charge is 0.316 e. The van der Waals surface area contributed by atoms with Crippen molar-refractivity contribution in [3.63, 3.8) is 0 Å². The maximum absolute atomic E-state index is 12.7. The highest BCUT2D eigenvalue weighted by molar-refractivity contribution is 6.00. The number of rotatable bonds is 3. The van der Waals surface area contributed by atoms with Crippen molar-refractivity contribution in [3.8, 4) is 5.75 Å². The first-order valence-electron chi connectivity index (χ1n) is 8.60. The standard InChI is InChI=1S/C20H23NO4/c1-11(2)25-20(24)17-12(3)21-15-5-4-6-16(23)19(15)18(17)13-7-9-14(22)10-8-13/h7-11,17-18,21-22H,3-6H2,1-2H3. The molecule has 0 bridgehead atoms. The lowest BCUT2D eigenvalue weighted by Crippen LogP contribution is -2.41. The third kappa shape index (κ3) is 3.31. The number of carbonyl (C=O) groups excluding carboxylic acids is 2. The summed E-state index contributed by atoms with van der Waals surface area (Å²) >= 11 is 0. The normalized spacial score (nSPS) is 23.3. The minimum atomic E-state index is -0.673. The minimum absolute atomic E-state index is 0.0571. The van der Waals surface area contributed by atoms with Gasteiger partial charge in [0.05, 0.1) is 6.10 Å². The second kappa shape index (κ2) is 6.75. The Morgan fingerprint density at radius 1 is 1.28 bits per heavy atom. The Kier molecular flexibility index (Phi) is 4.66. The number of Topliss-reactive ketones (excluding diaryl/α,β-unsaturated/α-hetero) is 1. The zero-order valence-corrected chi connectivity index (χ0v) is 14.5. The first-order chi connectivity index (χ1) is 11.9. The largest absolute Gasteiger partial charge is 0.508 e. The number of nitrogens with one attached hydrogen (secondary N) is 1. The molecule has 1 aliphatic carbocycles. The Morgan fingerprint density at radius 3 is 2.60 bits per heavy atom. The number of hydrogen-bond acceptors (Lipinski definition) is 5. The van der Waals surface area contributed by atoms with Gasteiger partial charge in [0.25, 0.3) is 0 Å². The fourth-order valence-electron chi connectivity index (χ4n) is 3.62. The molecule has 5 nitrogen and oxygen atoms in total. The average molecular weight is 341 g/mol. The highest BCUT2D eigenvalue weighted by Gasteiger charge is 2.43. The molecular weight excluding hydrogens is 318 g/mol. The minimum Gasteiger partial charge on any atom is -0.508 e. The molecule has 5 heteroatoms. The van der Waals surface area contributed by atoms with Crippen molar-refractivity contribution in [2.75, 3.05) is 0 Å².